The summed E-state index contributed by atoms with van der Waals surface area (Å²) >= 11 is 0. The predicted molar refractivity (Wildman–Crippen MR) is 163 cm³/mol. The first kappa shape index (κ1) is 29.3. The van der Waals surface area contributed by atoms with Gasteiger partial charge in [-0.2, -0.15) is 4.98 Å². The number of likely N-dealkylation sites (N-methyl/N-ethyl adjacent to an activating group) is 1. The highest BCUT2D eigenvalue weighted by molar-refractivity contribution is 6.04. The van der Waals surface area contributed by atoms with Crippen molar-refractivity contribution in [1.29, 1.82) is 0 Å². The molecule has 13 nitrogen and oxygen atoms in total. The Kier molecular flexibility index (Phi) is 8.73. The minimum absolute atomic E-state index is 0.0910. The van der Waals surface area contributed by atoms with Gasteiger partial charge in [0.15, 0.2) is 5.82 Å². The minimum Gasteiger partial charge on any atom is -0.495 e. The van der Waals surface area contributed by atoms with Crippen LogP contribution >= 0.6 is 0 Å². The maximum atomic E-state index is 13.2. The molecule has 0 unspecified atom stereocenters. The van der Waals surface area contributed by atoms with Crippen molar-refractivity contribution in [3.05, 3.63) is 30.3 Å². The second-order valence-corrected chi connectivity index (χ2v) is 11.5. The van der Waals surface area contributed by atoms with Crippen LogP contribution in [-0.4, -0.2) is 107 Å². The van der Waals surface area contributed by atoms with Crippen molar-refractivity contribution >= 4 is 29.0 Å². The molecule has 1 amide bonds. The van der Waals surface area contributed by atoms with E-state index in [2.05, 4.69) is 42.1 Å². The number of anilines is 4. The summed E-state index contributed by atoms with van der Waals surface area (Å²) in [6, 6.07) is 5.72. The molecule has 3 aliphatic rings. The van der Waals surface area contributed by atoms with E-state index < -0.39 is 0 Å². The largest absolute Gasteiger partial charge is 0.495 e. The van der Waals surface area contributed by atoms with Crippen molar-refractivity contribution in [2.24, 2.45) is 0 Å². The molecular weight excluding hydrogens is 550 g/mol. The molecule has 1 aliphatic carbocycles. The van der Waals surface area contributed by atoms with Crippen molar-refractivity contribution in [2.75, 3.05) is 68.6 Å². The SMILES string of the molecule is CC[C@@H]1C(=O)N(C)c2cnc(Nc3ccc(-c4nnc(CN5CCN(CCO)CC5)o4)cc3OC)nc2N1C1CCCC1. The van der Waals surface area contributed by atoms with E-state index >= 15 is 0 Å². The van der Waals surface area contributed by atoms with Crippen molar-refractivity contribution in [2.45, 2.75) is 57.7 Å². The highest BCUT2D eigenvalue weighted by Gasteiger charge is 2.41. The summed E-state index contributed by atoms with van der Waals surface area (Å²) in [6.07, 6.45) is 6.91. The fourth-order valence-corrected chi connectivity index (χ4v) is 6.43. The maximum Gasteiger partial charge on any atom is 0.249 e. The zero-order chi connectivity index (χ0) is 29.9. The summed E-state index contributed by atoms with van der Waals surface area (Å²) in [5.41, 5.74) is 2.18. The summed E-state index contributed by atoms with van der Waals surface area (Å²) in [5.74, 6) is 2.90. The molecule has 6 rings (SSSR count). The van der Waals surface area contributed by atoms with Gasteiger partial charge in [-0.15, -0.1) is 10.2 Å². The molecule has 1 saturated heterocycles. The van der Waals surface area contributed by atoms with Gasteiger partial charge in [-0.05, 0) is 37.5 Å². The quantitative estimate of drug-likeness (QED) is 0.359. The van der Waals surface area contributed by atoms with Gasteiger partial charge in [0, 0.05) is 51.4 Å². The number of hydrogen-bond acceptors (Lipinski definition) is 12. The third-order valence-corrected chi connectivity index (χ3v) is 8.81. The zero-order valence-corrected chi connectivity index (χ0v) is 25.2. The van der Waals surface area contributed by atoms with E-state index in [4.69, 9.17) is 19.2 Å². The average molecular weight is 592 g/mol. The minimum atomic E-state index is -0.229. The summed E-state index contributed by atoms with van der Waals surface area (Å²) in [4.78, 5) is 31.1. The third kappa shape index (κ3) is 6.01. The zero-order valence-electron chi connectivity index (χ0n) is 25.2. The standard InChI is InChI=1S/C30H41N9O4/c1-4-23-29(41)36(2)24-18-31-30(33-27(24)39(23)21-7-5-6-8-21)32-22-10-9-20(17-25(22)42-3)28-35-34-26(43-28)19-38-13-11-37(12-14-38)15-16-40/h9-10,17-18,21,23,40H,4-8,11-16,19H2,1-3H3,(H,31,32,33)/t23-/m1/s1. The summed E-state index contributed by atoms with van der Waals surface area (Å²) in [6.45, 7) is 7.14. The number of β-amino-alcohol motifs (C(OH)–C–C–N with tert-alkyl or cyclic N) is 1. The van der Waals surface area contributed by atoms with Crippen LogP contribution in [0.5, 0.6) is 5.75 Å². The molecule has 230 valence electrons. The number of methoxy groups -OCH3 is 1. The molecule has 3 aromatic rings. The molecule has 2 N–H and O–H groups in total. The van der Waals surface area contributed by atoms with Gasteiger partial charge in [0.05, 0.1) is 32.1 Å². The van der Waals surface area contributed by atoms with E-state index in [0.29, 0.717) is 48.3 Å². The number of ether oxygens (including phenoxy) is 1. The highest BCUT2D eigenvalue weighted by Crippen LogP contribution is 2.40. The molecule has 1 aromatic carbocycles. The van der Waals surface area contributed by atoms with Crippen LogP contribution < -0.4 is 19.9 Å². The molecule has 0 radical (unpaired) electrons. The number of aliphatic hydroxyl groups excluding tert-OH is 1. The Labute approximate surface area is 251 Å². The van der Waals surface area contributed by atoms with Crippen LogP contribution in [0.2, 0.25) is 0 Å². The number of aromatic nitrogens is 4. The van der Waals surface area contributed by atoms with Gasteiger partial charge < -0.3 is 29.4 Å². The lowest BCUT2D eigenvalue weighted by Crippen LogP contribution is -2.55. The Bertz CT molecular complexity index is 1420. The lowest BCUT2D eigenvalue weighted by molar-refractivity contribution is -0.120. The van der Waals surface area contributed by atoms with Crippen LogP contribution in [0.15, 0.2) is 28.8 Å². The molecule has 0 bridgehead atoms. The van der Waals surface area contributed by atoms with E-state index in [1.54, 1.807) is 25.3 Å². The van der Waals surface area contributed by atoms with Gasteiger partial charge in [-0.25, -0.2) is 4.98 Å². The first-order valence-electron chi connectivity index (χ1n) is 15.2. The molecule has 1 saturated carbocycles. The van der Waals surface area contributed by atoms with Crippen LogP contribution in [0.4, 0.5) is 23.1 Å². The second-order valence-electron chi connectivity index (χ2n) is 11.5. The number of nitrogens with one attached hydrogen (secondary N) is 1. The normalized spacial score (nSPS) is 20.1. The van der Waals surface area contributed by atoms with Crippen molar-refractivity contribution in [1.82, 2.24) is 30.0 Å². The molecule has 13 heteroatoms. The number of fused-ring (bicyclic) bond motifs is 1. The fraction of sp³-hybridized carbons (Fsp3) is 0.567. The van der Waals surface area contributed by atoms with Crippen LogP contribution in [-0.2, 0) is 11.3 Å². The monoisotopic (exact) mass is 591 g/mol. The number of benzene rings is 1. The fourth-order valence-electron chi connectivity index (χ4n) is 6.43. The number of carbonyl (C=O) groups excluding carboxylic acids is 1. The van der Waals surface area contributed by atoms with Crippen molar-refractivity contribution in [3.63, 3.8) is 0 Å². The Balaban J connectivity index is 1.19. The summed E-state index contributed by atoms with van der Waals surface area (Å²) < 4.78 is 11.7. The molecule has 0 spiro atoms. The van der Waals surface area contributed by atoms with E-state index in [1.165, 1.54) is 12.8 Å². The molecule has 43 heavy (non-hydrogen) atoms. The molecule has 2 aromatic heterocycles. The summed E-state index contributed by atoms with van der Waals surface area (Å²) in [7, 11) is 3.41. The Hall–Kier alpha value is -3.81. The highest BCUT2D eigenvalue weighted by atomic mass is 16.5. The lowest BCUT2D eigenvalue weighted by atomic mass is 10.0. The predicted octanol–water partition coefficient (Wildman–Crippen LogP) is 2.89. The maximum absolute atomic E-state index is 13.2. The number of hydrogen-bond donors (Lipinski definition) is 2. The number of carbonyl (C=O) groups is 1. The molecule has 2 aliphatic heterocycles. The van der Waals surface area contributed by atoms with Gasteiger partial charge >= 0.3 is 0 Å². The molecule has 2 fully saturated rings. The van der Waals surface area contributed by atoms with Crippen molar-refractivity contribution in [3.8, 4) is 17.2 Å². The van der Waals surface area contributed by atoms with Gasteiger partial charge in [0.2, 0.25) is 23.6 Å². The Morgan fingerprint density at radius 3 is 2.60 bits per heavy atom. The first-order chi connectivity index (χ1) is 21.0. The summed E-state index contributed by atoms with van der Waals surface area (Å²) in [5, 5.41) is 21.0. The number of rotatable bonds is 10. The van der Waals surface area contributed by atoms with Crippen LogP contribution in [0.1, 0.15) is 44.9 Å². The molecular formula is C30H41N9O4. The Morgan fingerprint density at radius 1 is 1.12 bits per heavy atom. The topological polar surface area (TPSA) is 136 Å². The van der Waals surface area contributed by atoms with Gasteiger partial charge in [0.25, 0.3) is 0 Å². The van der Waals surface area contributed by atoms with Gasteiger partial charge in [-0.3, -0.25) is 14.6 Å². The first-order valence-corrected chi connectivity index (χ1v) is 15.2. The van der Waals surface area contributed by atoms with Gasteiger partial charge in [-0.1, -0.05) is 19.8 Å². The number of piperazine rings is 1. The van der Waals surface area contributed by atoms with Crippen LogP contribution in [0.3, 0.4) is 0 Å². The second kappa shape index (κ2) is 12.8. The van der Waals surface area contributed by atoms with E-state index in [-0.39, 0.29) is 18.6 Å². The van der Waals surface area contributed by atoms with Crippen molar-refractivity contribution < 1.29 is 19.1 Å². The number of aliphatic hydroxyl groups is 1. The number of amides is 1. The average Bonchev–Trinajstić information content (AvgIpc) is 3.73. The number of nitrogens with zero attached hydrogens (tertiary/aromatic N) is 8. The lowest BCUT2D eigenvalue weighted by Gasteiger charge is -2.43. The molecule has 1 atom stereocenters. The van der Waals surface area contributed by atoms with Crippen LogP contribution in [0.25, 0.3) is 11.5 Å². The van der Waals surface area contributed by atoms with E-state index in [1.807, 2.05) is 18.2 Å². The smallest absolute Gasteiger partial charge is 0.249 e. The van der Waals surface area contributed by atoms with E-state index in [0.717, 1.165) is 62.5 Å². The van der Waals surface area contributed by atoms with Crippen LogP contribution in [0, 0.1) is 0 Å². The van der Waals surface area contributed by atoms with E-state index in [9.17, 15) is 4.79 Å². The third-order valence-electron chi connectivity index (χ3n) is 8.81. The Morgan fingerprint density at radius 2 is 1.88 bits per heavy atom. The molecule has 4 heterocycles. The van der Waals surface area contributed by atoms with Gasteiger partial charge in [0.1, 0.15) is 17.5 Å².